The van der Waals surface area contributed by atoms with E-state index in [9.17, 15) is 18.0 Å². The van der Waals surface area contributed by atoms with Crippen LogP contribution in [0.3, 0.4) is 0 Å². The average Bonchev–Trinajstić information content (AvgIpc) is 3.01. The maximum atomic E-state index is 12.8. The Hall–Kier alpha value is -3.36. The number of rotatable bonds is 4. The molecule has 0 atom stereocenters. The van der Waals surface area contributed by atoms with Crippen LogP contribution in [0.5, 0.6) is 11.8 Å². The molecule has 27 heavy (non-hydrogen) atoms. The van der Waals surface area contributed by atoms with Crippen LogP contribution in [-0.2, 0) is 13.2 Å². The summed E-state index contributed by atoms with van der Waals surface area (Å²) in [6.07, 6.45) is -0.0477. The second kappa shape index (κ2) is 7.10. The van der Waals surface area contributed by atoms with Gasteiger partial charge in [0.05, 0.1) is 23.6 Å². The maximum absolute atomic E-state index is 12.8. The summed E-state index contributed by atoms with van der Waals surface area (Å²) in [5.74, 6) is -0.393. The van der Waals surface area contributed by atoms with Gasteiger partial charge >= 0.3 is 12.2 Å². The van der Waals surface area contributed by atoms with Crippen LogP contribution >= 0.6 is 0 Å². The van der Waals surface area contributed by atoms with Crippen molar-refractivity contribution in [3.8, 4) is 11.8 Å². The standard InChI is InChI=1S/C18H15F3N4O2/c1-24(13-6-4-8-22-10-13)16(26)15-11-23-17(25(15)2)27-14-7-3-5-12(9-14)18(19,20)21/h3-11H,1-2H3. The van der Waals surface area contributed by atoms with Crippen LogP contribution in [0.15, 0.2) is 55.0 Å². The number of pyridine rings is 1. The lowest BCUT2D eigenvalue weighted by atomic mass is 10.2. The van der Waals surface area contributed by atoms with Crippen molar-refractivity contribution in [2.24, 2.45) is 7.05 Å². The van der Waals surface area contributed by atoms with Crippen LogP contribution in [0.25, 0.3) is 0 Å². The first-order valence-electron chi connectivity index (χ1n) is 7.82. The van der Waals surface area contributed by atoms with Gasteiger partial charge in [0, 0.05) is 20.3 Å². The van der Waals surface area contributed by atoms with Crippen molar-refractivity contribution >= 4 is 11.6 Å². The van der Waals surface area contributed by atoms with Crippen LogP contribution in [0, 0.1) is 0 Å². The third-order valence-electron chi connectivity index (χ3n) is 3.87. The fourth-order valence-corrected chi connectivity index (χ4v) is 2.37. The molecule has 3 rings (SSSR count). The number of nitrogens with zero attached hydrogens (tertiary/aromatic N) is 4. The highest BCUT2D eigenvalue weighted by Crippen LogP contribution is 2.32. The predicted molar refractivity (Wildman–Crippen MR) is 91.7 cm³/mol. The van der Waals surface area contributed by atoms with Gasteiger partial charge in [-0.1, -0.05) is 6.07 Å². The number of halogens is 3. The largest absolute Gasteiger partial charge is 0.425 e. The lowest BCUT2D eigenvalue weighted by molar-refractivity contribution is -0.137. The van der Waals surface area contributed by atoms with Crippen molar-refractivity contribution in [3.63, 3.8) is 0 Å². The summed E-state index contributed by atoms with van der Waals surface area (Å²) in [4.78, 5) is 22.0. The number of imidazole rings is 1. The quantitative estimate of drug-likeness (QED) is 0.693. The van der Waals surface area contributed by atoms with Gasteiger partial charge < -0.3 is 9.64 Å². The molecule has 2 heterocycles. The Morgan fingerprint density at radius 2 is 1.96 bits per heavy atom. The molecule has 0 radical (unpaired) electrons. The molecule has 0 saturated heterocycles. The van der Waals surface area contributed by atoms with E-state index in [-0.39, 0.29) is 23.4 Å². The van der Waals surface area contributed by atoms with E-state index >= 15 is 0 Å². The number of benzene rings is 1. The van der Waals surface area contributed by atoms with Gasteiger partial charge in [0.2, 0.25) is 0 Å². The third-order valence-corrected chi connectivity index (χ3v) is 3.87. The number of carbonyl (C=O) groups is 1. The van der Waals surface area contributed by atoms with E-state index in [0.29, 0.717) is 5.69 Å². The molecule has 0 spiro atoms. The fourth-order valence-electron chi connectivity index (χ4n) is 2.37. The molecule has 0 N–H and O–H groups in total. The number of carbonyl (C=O) groups excluding carboxylic acids is 1. The van der Waals surface area contributed by atoms with Crippen LogP contribution in [-0.4, -0.2) is 27.5 Å². The highest BCUT2D eigenvalue weighted by Gasteiger charge is 2.30. The van der Waals surface area contributed by atoms with Crippen molar-refractivity contribution in [1.82, 2.24) is 14.5 Å². The Kier molecular flexibility index (Phi) is 4.85. The van der Waals surface area contributed by atoms with E-state index in [1.54, 1.807) is 32.4 Å². The minimum Gasteiger partial charge on any atom is -0.425 e. The smallest absolute Gasteiger partial charge is 0.416 e. The molecule has 0 aliphatic carbocycles. The highest BCUT2D eigenvalue weighted by molar-refractivity contribution is 6.04. The molecule has 140 valence electrons. The first kappa shape index (κ1) is 18.4. The summed E-state index contributed by atoms with van der Waals surface area (Å²) in [7, 11) is 3.12. The van der Waals surface area contributed by atoms with E-state index in [4.69, 9.17) is 4.74 Å². The van der Waals surface area contributed by atoms with Gasteiger partial charge in [-0.25, -0.2) is 4.98 Å². The van der Waals surface area contributed by atoms with Gasteiger partial charge in [0.15, 0.2) is 0 Å². The second-order valence-corrected chi connectivity index (χ2v) is 5.69. The molecule has 0 bridgehead atoms. The molecule has 3 aromatic rings. The zero-order chi connectivity index (χ0) is 19.6. The number of hydrogen-bond acceptors (Lipinski definition) is 4. The first-order valence-corrected chi connectivity index (χ1v) is 7.82. The highest BCUT2D eigenvalue weighted by atomic mass is 19.4. The first-order chi connectivity index (χ1) is 12.8. The van der Waals surface area contributed by atoms with Crippen molar-refractivity contribution in [2.45, 2.75) is 6.18 Å². The monoisotopic (exact) mass is 376 g/mol. The molecule has 9 heteroatoms. The van der Waals surface area contributed by atoms with Crippen molar-refractivity contribution in [1.29, 1.82) is 0 Å². The predicted octanol–water partition coefficient (Wildman–Crippen LogP) is 3.90. The molecule has 1 amide bonds. The molecule has 0 unspecified atom stereocenters. The number of anilines is 1. The number of hydrogen-bond donors (Lipinski definition) is 0. The Bertz CT molecular complexity index is 955. The van der Waals surface area contributed by atoms with E-state index in [1.807, 2.05) is 0 Å². The lowest BCUT2D eigenvalue weighted by Gasteiger charge is -2.17. The zero-order valence-electron chi connectivity index (χ0n) is 14.4. The zero-order valence-corrected chi connectivity index (χ0v) is 14.4. The molecular formula is C18H15F3N4O2. The van der Waals surface area contributed by atoms with Gasteiger partial charge in [-0.2, -0.15) is 13.2 Å². The normalized spacial score (nSPS) is 11.3. The Morgan fingerprint density at radius 3 is 2.63 bits per heavy atom. The minimum absolute atomic E-state index is 0.00254. The van der Waals surface area contributed by atoms with Crippen molar-refractivity contribution in [3.05, 3.63) is 66.2 Å². The fraction of sp³-hybridized carbons (Fsp3) is 0.167. The Labute approximate surface area is 152 Å². The van der Waals surface area contributed by atoms with Gasteiger partial charge in [-0.15, -0.1) is 0 Å². The number of alkyl halides is 3. The van der Waals surface area contributed by atoms with Gasteiger partial charge in [-0.05, 0) is 30.3 Å². The van der Waals surface area contributed by atoms with Crippen LogP contribution in [0.2, 0.25) is 0 Å². The summed E-state index contributed by atoms with van der Waals surface area (Å²) >= 11 is 0. The SMILES string of the molecule is CN(C(=O)c1cnc(Oc2cccc(C(F)(F)F)c2)n1C)c1cccnc1. The summed E-state index contributed by atoms with van der Waals surface area (Å²) < 4.78 is 45.2. The molecular weight excluding hydrogens is 361 g/mol. The summed E-state index contributed by atoms with van der Waals surface area (Å²) in [6.45, 7) is 0. The van der Waals surface area contributed by atoms with Crippen molar-refractivity contribution in [2.75, 3.05) is 11.9 Å². The summed E-state index contributed by atoms with van der Waals surface area (Å²) in [5, 5.41) is 0. The summed E-state index contributed by atoms with van der Waals surface area (Å²) in [5.41, 5.74) is -0.0332. The van der Waals surface area contributed by atoms with Gasteiger partial charge in [0.1, 0.15) is 11.4 Å². The average molecular weight is 376 g/mol. The van der Waals surface area contributed by atoms with E-state index in [2.05, 4.69) is 9.97 Å². The van der Waals surface area contributed by atoms with Crippen LogP contribution in [0.4, 0.5) is 18.9 Å². The van der Waals surface area contributed by atoms with Crippen molar-refractivity contribution < 1.29 is 22.7 Å². The van der Waals surface area contributed by atoms with Gasteiger partial charge in [-0.3, -0.25) is 14.3 Å². The Balaban J connectivity index is 1.83. The van der Waals surface area contributed by atoms with E-state index < -0.39 is 11.7 Å². The third kappa shape index (κ3) is 3.91. The molecule has 6 nitrogen and oxygen atoms in total. The second-order valence-electron chi connectivity index (χ2n) is 5.69. The van der Waals surface area contributed by atoms with Crippen LogP contribution in [0.1, 0.15) is 16.1 Å². The Morgan fingerprint density at radius 1 is 1.19 bits per heavy atom. The molecule has 2 aromatic heterocycles. The lowest BCUT2D eigenvalue weighted by Crippen LogP contribution is -2.28. The molecule has 0 aliphatic heterocycles. The minimum atomic E-state index is -4.48. The molecule has 0 aliphatic rings. The summed E-state index contributed by atoms with van der Waals surface area (Å²) in [6, 6.07) is 7.86. The number of amides is 1. The maximum Gasteiger partial charge on any atom is 0.416 e. The topological polar surface area (TPSA) is 60.3 Å². The molecule has 1 aromatic carbocycles. The van der Waals surface area contributed by atoms with E-state index in [0.717, 1.165) is 12.1 Å². The molecule has 0 fully saturated rings. The molecule has 0 saturated carbocycles. The number of ether oxygens (including phenoxy) is 1. The van der Waals surface area contributed by atoms with Crippen LogP contribution < -0.4 is 9.64 Å². The number of aromatic nitrogens is 3. The van der Waals surface area contributed by atoms with E-state index in [1.165, 1.54) is 34.0 Å². The van der Waals surface area contributed by atoms with Gasteiger partial charge in [0.25, 0.3) is 5.91 Å².